The molecular formula is C44H71Cl3N10O2S2. The third-order valence-electron chi connectivity index (χ3n) is 12.3. The summed E-state index contributed by atoms with van der Waals surface area (Å²) in [5, 5.41) is 17.5. The molecule has 2 aromatic carbocycles. The zero-order valence-corrected chi connectivity index (χ0v) is 39.7. The average Bonchev–Trinajstić information content (AvgIpc) is 3.69. The third kappa shape index (κ3) is 17.1. The van der Waals surface area contributed by atoms with Gasteiger partial charge in [-0.15, -0.1) is 17.5 Å². The van der Waals surface area contributed by atoms with Crippen molar-refractivity contribution in [2.75, 3.05) is 68.6 Å². The maximum Gasteiger partial charge on any atom is 0.246 e. The Balaban J connectivity index is 0.000000272. The largest absolute Gasteiger partial charge is 0.381 e. The smallest absolute Gasteiger partial charge is 0.246 e. The summed E-state index contributed by atoms with van der Waals surface area (Å²) in [6.07, 6.45) is 20.1. The predicted octanol–water partition coefficient (Wildman–Crippen LogP) is 8.64. The molecule has 12 nitrogen and oxygen atoms in total. The number of benzene rings is 2. The van der Waals surface area contributed by atoms with Crippen molar-refractivity contribution in [1.82, 2.24) is 25.0 Å². The lowest BCUT2D eigenvalue weighted by Crippen LogP contribution is -2.54. The predicted molar refractivity (Wildman–Crippen MR) is 261 cm³/mol. The van der Waals surface area contributed by atoms with Crippen molar-refractivity contribution in [3.63, 3.8) is 0 Å². The molecule has 1 unspecified atom stereocenters. The van der Waals surface area contributed by atoms with Gasteiger partial charge < -0.3 is 25.8 Å². The van der Waals surface area contributed by atoms with Crippen molar-refractivity contribution >= 4 is 70.0 Å². The number of aromatic amines is 1. The summed E-state index contributed by atoms with van der Waals surface area (Å²) < 4.78 is 15.0. The number of rotatable bonds is 11. The Labute approximate surface area is 389 Å². The Hall–Kier alpha value is -2.16. The minimum absolute atomic E-state index is 0. The summed E-state index contributed by atoms with van der Waals surface area (Å²) in [7, 11) is 3.64. The van der Waals surface area contributed by atoms with Gasteiger partial charge in [0.05, 0.1) is 17.3 Å². The van der Waals surface area contributed by atoms with Gasteiger partial charge in [-0.3, -0.25) is 9.80 Å². The first-order chi connectivity index (χ1) is 28.6. The minimum atomic E-state index is -0.0432. The Morgan fingerprint density at radius 3 is 1.70 bits per heavy atom. The molecule has 61 heavy (non-hydrogen) atoms. The molecule has 0 radical (unpaired) electrons. The van der Waals surface area contributed by atoms with E-state index in [4.69, 9.17) is 49.4 Å². The van der Waals surface area contributed by atoms with Crippen LogP contribution in [0.15, 0.2) is 52.9 Å². The molecule has 4 heterocycles. The Morgan fingerprint density at radius 2 is 1.30 bits per heavy atom. The second kappa shape index (κ2) is 27.9. The highest BCUT2D eigenvalue weighted by Crippen LogP contribution is 2.32. The van der Waals surface area contributed by atoms with Crippen molar-refractivity contribution in [1.29, 1.82) is 5.26 Å². The molecule has 0 spiro atoms. The Kier molecular flexibility index (Phi) is 24.3. The van der Waals surface area contributed by atoms with Crippen molar-refractivity contribution in [3.05, 3.63) is 69.7 Å². The molecule has 1 aliphatic carbocycles. The number of nitriles is 1. The zero-order chi connectivity index (χ0) is 42.1. The molecule has 3 aliphatic heterocycles. The summed E-state index contributed by atoms with van der Waals surface area (Å²) in [4.78, 5) is 12.0. The fourth-order valence-corrected chi connectivity index (χ4v) is 11.1. The van der Waals surface area contributed by atoms with E-state index in [9.17, 15) is 0 Å². The zero-order valence-electron chi connectivity index (χ0n) is 35.8. The van der Waals surface area contributed by atoms with E-state index in [0.717, 1.165) is 92.7 Å². The lowest BCUT2D eigenvalue weighted by atomic mass is 9.86. The maximum absolute atomic E-state index is 8.04. The van der Waals surface area contributed by atoms with E-state index in [1.54, 1.807) is 18.0 Å². The number of likely N-dealkylation sites (tertiary alicyclic amines) is 2. The van der Waals surface area contributed by atoms with Gasteiger partial charge in [0.2, 0.25) is 18.1 Å². The number of aromatic nitrogens is 3. The van der Waals surface area contributed by atoms with Gasteiger partial charge in [-0.05, 0) is 125 Å². The molecule has 17 heteroatoms. The third-order valence-corrected chi connectivity index (χ3v) is 15.5. The first-order valence-electron chi connectivity index (χ1n) is 21.0. The molecule has 5 N–H and O–H groups in total. The van der Waals surface area contributed by atoms with Gasteiger partial charge in [0.1, 0.15) is 0 Å². The molecule has 1 saturated carbocycles. The number of methoxy groups -OCH3 is 2. The highest BCUT2D eigenvalue weighted by Gasteiger charge is 2.36. The van der Waals surface area contributed by atoms with E-state index in [1.165, 1.54) is 36.8 Å². The fourth-order valence-electron chi connectivity index (χ4n) is 9.14. The van der Waals surface area contributed by atoms with Gasteiger partial charge in [0, 0.05) is 80.7 Å². The summed E-state index contributed by atoms with van der Waals surface area (Å²) in [6.45, 7) is 4.16. The molecule has 4 fully saturated rings. The number of halogens is 3. The molecule has 0 bridgehead atoms. The highest BCUT2D eigenvalue weighted by atomic mass is 35.5. The molecular weight excluding hydrogens is 871 g/mol. The number of hydrogen-bond donors (Lipinski definition) is 3. The first-order valence-corrected chi connectivity index (χ1v) is 25.0. The number of nitrogens with two attached hydrogens (primary N) is 2. The van der Waals surface area contributed by atoms with Gasteiger partial charge in [-0.25, -0.2) is 5.10 Å². The number of H-pyrrole nitrogens is 1. The summed E-state index contributed by atoms with van der Waals surface area (Å²) in [6, 6.07) is 19.3. The fraction of sp³-hybridized carbons (Fsp3) is 0.659. The van der Waals surface area contributed by atoms with Crippen LogP contribution in [0.25, 0.3) is 0 Å². The van der Waals surface area contributed by atoms with Crippen LogP contribution in [0.4, 0.5) is 11.9 Å². The van der Waals surface area contributed by atoms with Gasteiger partial charge in [0.15, 0.2) is 0 Å². The molecule has 0 amide bonds. The van der Waals surface area contributed by atoms with E-state index in [-0.39, 0.29) is 30.5 Å². The topological polar surface area (TPSA) is 158 Å². The van der Waals surface area contributed by atoms with Gasteiger partial charge in [-0.1, -0.05) is 65.6 Å². The summed E-state index contributed by atoms with van der Waals surface area (Å²) in [5.41, 5.74) is 14.5. The van der Waals surface area contributed by atoms with Crippen LogP contribution in [0.2, 0.25) is 10.0 Å². The van der Waals surface area contributed by atoms with Crippen LogP contribution in [0.3, 0.4) is 0 Å². The lowest BCUT2D eigenvalue weighted by molar-refractivity contribution is -0.0143. The molecule has 3 aromatic rings. The SMILES string of the molecule is C.CO[C@H]1CCN(C2CCC(N)CC2)[C@@H](Cc2ccc(Cl)cc2)C1.CO[C@H]1CCN(C2CCN(c3n[nH]c(N)n3)CC2)[C@@H](Cc2ccc(Cl)cc2)C1.CSCS(C)=NC#N.Cl. The molecule has 1 aromatic heterocycles. The number of ether oxygens (including phenoxy) is 2. The number of anilines is 2. The number of nitrogens with one attached hydrogen (secondary N) is 1. The van der Waals surface area contributed by atoms with Gasteiger partial charge >= 0.3 is 0 Å². The number of nitrogens with zero attached hydrogens (tertiary/aromatic N) is 7. The molecule has 5 atom stereocenters. The Morgan fingerprint density at radius 1 is 0.820 bits per heavy atom. The number of nitrogen functional groups attached to an aromatic ring is 1. The summed E-state index contributed by atoms with van der Waals surface area (Å²) in [5.74, 6) is 1.09. The number of hydrogen-bond acceptors (Lipinski definition) is 12. The van der Waals surface area contributed by atoms with Gasteiger partial charge in [-0.2, -0.15) is 26.4 Å². The Bertz CT molecular complexity index is 1740. The standard InChI is InChI=1S/C20H29ClN6O.C19H29ClN2O.C4H8N2S2.CH4.ClH/c1-28-18-8-11-27(17(13-18)12-14-2-4-15(21)5-3-14)16-6-9-26(10-7-16)20-23-19(22)24-25-20;1-23-19-10-11-22(17-8-6-16(21)7-9-17)18(13-19)12-14-2-4-15(20)5-3-14;1-7-4-8(2)6-3-5;;/h2-5,16-18H,6-13H2,1H3,(H3,22,23,24,25);2-5,16-19H,6-13,21H2,1H3;4H2,1-2H3;1H4;1H/t17-,18-;16?,17?,18-,19-;;;/m00.../s1. The normalized spacial score (nSPS) is 25.4. The molecule has 3 saturated heterocycles. The van der Waals surface area contributed by atoms with Crippen LogP contribution in [0.1, 0.15) is 82.8 Å². The van der Waals surface area contributed by atoms with Crippen LogP contribution >= 0.6 is 47.4 Å². The maximum atomic E-state index is 8.04. The second-order valence-corrected chi connectivity index (χ2v) is 20.0. The van der Waals surface area contributed by atoms with Crippen LogP contribution in [0.5, 0.6) is 0 Å². The van der Waals surface area contributed by atoms with E-state index in [0.29, 0.717) is 54.3 Å². The monoisotopic (exact) mass is 940 g/mol. The lowest BCUT2D eigenvalue weighted by Gasteiger charge is -2.46. The summed E-state index contributed by atoms with van der Waals surface area (Å²) >= 11 is 13.8. The van der Waals surface area contributed by atoms with E-state index in [1.807, 2.05) is 51.0 Å². The highest BCUT2D eigenvalue weighted by molar-refractivity contribution is 8.10. The van der Waals surface area contributed by atoms with Crippen molar-refractivity contribution in [2.24, 2.45) is 10.1 Å². The quantitative estimate of drug-likeness (QED) is 0.158. The molecule has 342 valence electrons. The van der Waals surface area contributed by atoms with Gasteiger partial charge in [0.25, 0.3) is 0 Å². The number of thioether (sulfide) groups is 1. The van der Waals surface area contributed by atoms with Crippen molar-refractivity contribution in [3.8, 4) is 6.19 Å². The van der Waals surface area contributed by atoms with Crippen LogP contribution in [-0.4, -0.2) is 125 Å². The van der Waals surface area contributed by atoms with E-state index < -0.39 is 0 Å². The number of piperidine rings is 3. The van der Waals surface area contributed by atoms with Crippen molar-refractivity contribution < 1.29 is 9.47 Å². The average molecular weight is 943 g/mol. The first kappa shape index (κ1) is 53.2. The van der Waals surface area contributed by atoms with Crippen LogP contribution in [0, 0.1) is 11.5 Å². The van der Waals surface area contributed by atoms with E-state index in [2.05, 4.69) is 58.5 Å². The minimum Gasteiger partial charge on any atom is -0.381 e. The van der Waals surface area contributed by atoms with E-state index >= 15 is 0 Å². The second-order valence-electron chi connectivity index (χ2n) is 16.2. The van der Waals surface area contributed by atoms with Crippen molar-refractivity contribution in [2.45, 2.75) is 127 Å². The molecule has 4 aliphatic rings. The van der Waals surface area contributed by atoms with Crippen LogP contribution < -0.4 is 16.4 Å². The molecule has 7 rings (SSSR count). The van der Waals surface area contributed by atoms with Crippen LogP contribution in [-0.2, 0) is 33.0 Å².